The van der Waals surface area contributed by atoms with Crippen molar-refractivity contribution in [3.63, 3.8) is 0 Å². The highest BCUT2D eigenvalue weighted by Crippen LogP contribution is 2.39. The maximum Gasteiger partial charge on any atom is 0.355 e. The van der Waals surface area contributed by atoms with Crippen molar-refractivity contribution >= 4 is 17.7 Å². The van der Waals surface area contributed by atoms with Gasteiger partial charge in [0, 0.05) is 5.56 Å². The summed E-state index contributed by atoms with van der Waals surface area (Å²) in [4.78, 5) is 26.1. The lowest BCUT2D eigenvalue weighted by Gasteiger charge is -2.28. The SMILES string of the molecule is COC(=O)C1=C(C(=O)c2ccccc2)[C@H](c2ccc(O)c(OC)c2)n2nnnc2N1. The summed E-state index contributed by atoms with van der Waals surface area (Å²) in [7, 11) is 2.63. The highest BCUT2D eigenvalue weighted by molar-refractivity contribution is 6.14. The third kappa shape index (κ3) is 3.13. The summed E-state index contributed by atoms with van der Waals surface area (Å²) in [6.45, 7) is 0. The Balaban J connectivity index is 1.97. The molecule has 3 aromatic rings. The molecule has 10 nitrogen and oxygen atoms in total. The predicted molar refractivity (Wildman–Crippen MR) is 104 cm³/mol. The molecule has 0 bridgehead atoms. The van der Waals surface area contributed by atoms with Crippen molar-refractivity contribution in [3.05, 3.63) is 70.9 Å². The molecule has 1 aliphatic heterocycles. The van der Waals surface area contributed by atoms with E-state index in [1.165, 1.54) is 25.0 Å². The zero-order chi connectivity index (χ0) is 21.3. The second-order valence-electron chi connectivity index (χ2n) is 6.38. The van der Waals surface area contributed by atoms with Crippen molar-refractivity contribution in [2.24, 2.45) is 0 Å². The summed E-state index contributed by atoms with van der Waals surface area (Å²) in [5.74, 6) is -0.843. The summed E-state index contributed by atoms with van der Waals surface area (Å²) in [5.41, 5.74) is 0.939. The van der Waals surface area contributed by atoms with Gasteiger partial charge in [0.25, 0.3) is 0 Å². The van der Waals surface area contributed by atoms with Gasteiger partial charge in [0.15, 0.2) is 17.3 Å². The van der Waals surface area contributed by atoms with E-state index in [2.05, 4.69) is 20.8 Å². The fourth-order valence-electron chi connectivity index (χ4n) is 3.31. The Kier molecular flexibility index (Phi) is 4.88. The number of ketones is 1. The third-order valence-corrected chi connectivity index (χ3v) is 4.71. The Morgan fingerprint density at radius 1 is 1.13 bits per heavy atom. The Morgan fingerprint density at radius 3 is 2.60 bits per heavy atom. The Morgan fingerprint density at radius 2 is 1.90 bits per heavy atom. The van der Waals surface area contributed by atoms with Crippen LogP contribution in [-0.2, 0) is 9.53 Å². The van der Waals surface area contributed by atoms with Gasteiger partial charge < -0.3 is 19.9 Å². The number of carbonyl (C=O) groups is 2. The number of allylic oxidation sites excluding steroid dienone is 1. The number of hydrogen-bond donors (Lipinski definition) is 2. The van der Waals surface area contributed by atoms with E-state index >= 15 is 0 Å². The second kappa shape index (κ2) is 7.66. The van der Waals surface area contributed by atoms with Crippen LogP contribution in [0.1, 0.15) is 22.0 Å². The van der Waals surface area contributed by atoms with E-state index in [1.54, 1.807) is 42.5 Å². The maximum atomic E-state index is 13.5. The molecule has 152 valence electrons. The number of anilines is 1. The van der Waals surface area contributed by atoms with Crippen molar-refractivity contribution in [2.45, 2.75) is 6.04 Å². The average molecular weight is 407 g/mol. The number of benzene rings is 2. The average Bonchev–Trinajstić information content (AvgIpc) is 3.26. The van der Waals surface area contributed by atoms with Crippen molar-refractivity contribution in [2.75, 3.05) is 19.5 Å². The highest BCUT2D eigenvalue weighted by atomic mass is 16.5. The molecule has 0 saturated heterocycles. The van der Waals surface area contributed by atoms with Crippen LogP contribution < -0.4 is 10.1 Å². The van der Waals surface area contributed by atoms with E-state index in [4.69, 9.17) is 9.47 Å². The van der Waals surface area contributed by atoms with Crippen LogP contribution in [0.3, 0.4) is 0 Å². The van der Waals surface area contributed by atoms with Gasteiger partial charge in [-0.1, -0.05) is 41.5 Å². The first-order valence-corrected chi connectivity index (χ1v) is 8.89. The van der Waals surface area contributed by atoms with Gasteiger partial charge >= 0.3 is 5.97 Å². The van der Waals surface area contributed by atoms with Crippen molar-refractivity contribution < 1.29 is 24.2 Å². The van der Waals surface area contributed by atoms with Crippen LogP contribution in [0.25, 0.3) is 0 Å². The number of phenols is 1. The number of phenolic OH excluding ortho intramolecular Hbond substituents is 1. The Hall–Kier alpha value is -4.21. The number of tetrazole rings is 1. The molecule has 1 aromatic heterocycles. The minimum atomic E-state index is -0.868. The molecular formula is C20H17N5O5. The first kappa shape index (κ1) is 19.1. The molecule has 0 unspecified atom stereocenters. The van der Waals surface area contributed by atoms with Crippen molar-refractivity contribution in [1.29, 1.82) is 0 Å². The standard InChI is InChI=1S/C20H17N5O5/c1-29-14-10-12(8-9-13(14)26)17-15(18(27)11-6-4-3-5-7-11)16(19(28)30-2)21-20-22-23-24-25(17)20/h3-10,17,26H,1-2H3,(H,21,22,24)/t17-/m0/s1. The molecule has 0 fully saturated rings. The molecule has 0 amide bonds. The number of fused-ring (bicyclic) bond motifs is 1. The predicted octanol–water partition coefficient (Wildman–Crippen LogP) is 1.71. The molecule has 2 N–H and O–H groups in total. The van der Waals surface area contributed by atoms with E-state index in [0.717, 1.165) is 0 Å². The molecule has 2 aromatic carbocycles. The van der Waals surface area contributed by atoms with Crippen LogP contribution in [0.4, 0.5) is 5.95 Å². The van der Waals surface area contributed by atoms with Gasteiger partial charge in [-0.15, -0.1) is 0 Å². The van der Waals surface area contributed by atoms with E-state index in [0.29, 0.717) is 11.1 Å². The first-order valence-electron chi connectivity index (χ1n) is 8.89. The normalized spacial score (nSPS) is 15.2. The number of aromatic hydroxyl groups is 1. The highest BCUT2D eigenvalue weighted by Gasteiger charge is 2.38. The summed E-state index contributed by atoms with van der Waals surface area (Å²) in [6, 6.07) is 12.3. The lowest BCUT2D eigenvalue weighted by Crippen LogP contribution is -2.32. The number of hydrogen-bond acceptors (Lipinski definition) is 9. The molecule has 0 saturated carbocycles. The molecule has 4 rings (SSSR count). The molecule has 0 aliphatic carbocycles. The van der Waals surface area contributed by atoms with Gasteiger partial charge in [-0.2, -0.15) is 4.68 Å². The number of rotatable bonds is 5. The Labute approximate surface area is 170 Å². The first-order chi connectivity index (χ1) is 14.5. The second-order valence-corrected chi connectivity index (χ2v) is 6.38. The Bertz CT molecular complexity index is 1160. The topological polar surface area (TPSA) is 128 Å². The number of aromatic nitrogens is 4. The smallest absolute Gasteiger partial charge is 0.355 e. The lowest BCUT2D eigenvalue weighted by molar-refractivity contribution is -0.136. The molecule has 0 spiro atoms. The minimum Gasteiger partial charge on any atom is -0.504 e. The fraction of sp³-hybridized carbons (Fsp3) is 0.150. The van der Waals surface area contributed by atoms with Crippen LogP contribution in [0.2, 0.25) is 0 Å². The number of nitrogens with zero attached hydrogens (tertiary/aromatic N) is 4. The summed E-state index contributed by atoms with van der Waals surface area (Å²) in [6.07, 6.45) is 0. The molecular weight excluding hydrogens is 390 g/mol. The molecule has 2 heterocycles. The van der Waals surface area contributed by atoms with Gasteiger partial charge in [0.1, 0.15) is 11.7 Å². The van der Waals surface area contributed by atoms with Crippen LogP contribution in [0, 0.1) is 0 Å². The van der Waals surface area contributed by atoms with Crippen molar-refractivity contribution in [1.82, 2.24) is 20.2 Å². The number of nitrogens with one attached hydrogen (secondary N) is 1. The molecule has 1 atom stereocenters. The van der Waals surface area contributed by atoms with Gasteiger partial charge in [0.2, 0.25) is 5.95 Å². The molecule has 0 radical (unpaired) electrons. The zero-order valence-corrected chi connectivity index (χ0v) is 16.1. The maximum absolute atomic E-state index is 13.5. The quantitative estimate of drug-likeness (QED) is 0.480. The number of methoxy groups -OCH3 is 2. The number of esters is 1. The zero-order valence-electron chi connectivity index (χ0n) is 16.1. The summed E-state index contributed by atoms with van der Waals surface area (Å²) >= 11 is 0. The van der Waals surface area contributed by atoms with Crippen LogP contribution in [0.15, 0.2) is 59.8 Å². The van der Waals surface area contributed by atoms with E-state index in [-0.39, 0.29) is 28.7 Å². The van der Waals surface area contributed by atoms with E-state index in [9.17, 15) is 14.7 Å². The number of Topliss-reactive ketones (excluding diaryl/α,β-unsaturated/α-hetero) is 1. The van der Waals surface area contributed by atoms with Gasteiger partial charge in [0.05, 0.1) is 19.8 Å². The van der Waals surface area contributed by atoms with E-state index < -0.39 is 17.8 Å². The largest absolute Gasteiger partial charge is 0.504 e. The third-order valence-electron chi connectivity index (χ3n) is 4.71. The number of carbonyl (C=O) groups excluding carboxylic acids is 2. The molecule has 1 aliphatic rings. The number of ether oxygens (including phenoxy) is 2. The lowest BCUT2D eigenvalue weighted by atomic mass is 9.89. The fourth-order valence-corrected chi connectivity index (χ4v) is 3.31. The van der Waals surface area contributed by atoms with Crippen LogP contribution >= 0.6 is 0 Å². The minimum absolute atomic E-state index is 0.0642. The monoisotopic (exact) mass is 407 g/mol. The van der Waals surface area contributed by atoms with Gasteiger partial charge in [-0.3, -0.25) is 4.79 Å². The molecule has 10 heteroatoms. The van der Waals surface area contributed by atoms with Crippen molar-refractivity contribution in [3.8, 4) is 11.5 Å². The van der Waals surface area contributed by atoms with E-state index in [1.807, 2.05) is 0 Å². The molecule has 30 heavy (non-hydrogen) atoms. The summed E-state index contributed by atoms with van der Waals surface area (Å²) < 4.78 is 11.5. The van der Waals surface area contributed by atoms with Crippen LogP contribution in [0.5, 0.6) is 11.5 Å². The van der Waals surface area contributed by atoms with Gasteiger partial charge in [-0.05, 0) is 28.1 Å². The van der Waals surface area contributed by atoms with Crippen LogP contribution in [-0.4, -0.2) is 51.3 Å². The summed E-state index contributed by atoms with van der Waals surface area (Å²) in [5, 5.41) is 24.3. The van der Waals surface area contributed by atoms with Gasteiger partial charge in [-0.25, -0.2) is 4.79 Å².